The van der Waals surface area contributed by atoms with E-state index < -0.39 is 0 Å². The van der Waals surface area contributed by atoms with Crippen molar-refractivity contribution in [2.75, 3.05) is 7.05 Å². The summed E-state index contributed by atoms with van der Waals surface area (Å²) < 4.78 is 3.79. The fourth-order valence-electron chi connectivity index (χ4n) is 3.37. The van der Waals surface area contributed by atoms with Gasteiger partial charge in [-0.15, -0.1) is 0 Å². The number of nitrogens with zero attached hydrogens (tertiary/aromatic N) is 5. The summed E-state index contributed by atoms with van der Waals surface area (Å²) in [6, 6.07) is 9.99. The van der Waals surface area contributed by atoms with Gasteiger partial charge in [-0.25, -0.2) is 4.68 Å². The molecular formula is C19H21N5O. The Labute approximate surface area is 146 Å². The summed E-state index contributed by atoms with van der Waals surface area (Å²) in [6.45, 7) is 1.47. The molecule has 1 aliphatic heterocycles. The van der Waals surface area contributed by atoms with Gasteiger partial charge in [-0.05, 0) is 43.0 Å². The van der Waals surface area contributed by atoms with Gasteiger partial charge in [0.1, 0.15) is 0 Å². The molecule has 0 N–H and O–H groups in total. The van der Waals surface area contributed by atoms with Gasteiger partial charge in [-0.2, -0.15) is 10.2 Å². The number of aromatic nitrogens is 4. The largest absolute Gasteiger partial charge is 0.337 e. The second-order valence-corrected chi connectivity index (χ2v) is 6.47. The highest BCUT2D eigenvalue weighted by molar-refractivity contribution is 5.95. The summed E-state index contributed by atoms with van der Waals surface area (Å²) in [5.74, 6) is 0.0349. The van der Waals surface area contributed by atoms with Crippen LogP contribution in [0.5, 0.6) is 0 Å². The molecule has 2 aromatic heterocycles. The van der Waals surface area contributed by atoms with Crippen LogP contribution < -0.4 is 0 Å². The van der Waals surface area contributed by atoms with E-state index in [1.54, 1.807) is 17.3 Å². The average molecular weight is 335 g/mol. The molecule has 4 rings (SSSR count). The smallest absolute Gasteiger partial charge is 0.257 e. The zero-order valence-corrected chi connectivity index (χ0v) is 14.3. The summed E-state index contributed by atoms with van der Waals surface area (Å²) in [5, 5.41) is 8.63. The van der Waals surface area contributed by atoms with Gasteiger partial charge in [0, 0.05) is 32.5 Å². The summed E-state index contributed by atoms with van der Waals surface area (Å²) in [7, 11) is 1.84. The van der Waals surface area contributed by atoms with Crippen LogP contribution in [0, 0.1) is 0 Å². The Kier molecular flexibility index (Phi) is 4.09. The monoisotopic (exact) mass is 335 g/mol. The van der Waals surface area contributed by atoms with Crippen molar-refractivity contribution in [3.63, 3.8) is 0 Å². The van der Waals surface area contributed by atoms with Gasteiger partial charge >= 0.3 is 0 Å². The van der Waals surface area contributed by atoms with E-state index in [4.69, 9.17) is 0 Å². The van der Waals surface area contributed by atoms with Crippen LogP contribution in [-0.4, -0.2) is 37.4 Å². The van der Waals surface area contributed by atoms with Crippen LogP contribution in [0.15, 0.2) is 48.9 Å². The maximum absolute atomic E-state index is 12.9. The molecule has 6 nitrogen and oxygen atoms in total. The molecule has 0 fully saturated rings. The van der Waals surface area contributed by atoms with Crippen LogP contribution >= 0.6 is 0 Å². The lowest BCUT2D eigenvalue weighted by Crippen LogP contribution is -2.27. The molecule has 0 saturated heterocycles. The molecule has 25 heavy (non-hydrogen) atoms. The SMILES string of the molecule is CN(Cc1cccc(-n2cccn2)c1)C(=O)c1cnn2c1CCCC2. The lowest BCUT2D eigenvalue weighted by molar-refractivity contribution is 0.0783. The first-order chi connectivity index (χ1) is 12.2. The van der Waals surface area contributed by atoms with Crippen molar-refractivity contribution in [3.8, 4) is 5.69 Å². The van der Waals surface area contributed by atoms with Crippen molar-refractivity contribution in [2.24, 2.45) is 0 Å². The van der Waals surface area contributed by atoms with Crippen molar-refractivity contribution in [1.82, 2.24) is 24.5 Å². The zero-order chi connectivity index (χ0) is 17.2. The quantitative estimate of drug-likeness (QED) is 0.736. The highest BCUT2D eigenvalue weighted by Gasteiger charge is 2.22. The van der Waals surface area contributed by atoms with E-state index >= 15 is 0 Å². The van der Waals surface area contributed by atoms with Crippen LogP contribution in [0.4, 0.5) is 0 Å². The number of benzene rings is 1. The number of carbonyl (C=O) groups is 1. The van der Waals surface area contributed by atoms with E-state index in [-0.39, 0.29) is 5.91 Å². The molecular weight excluding hydrogens is 314 g/mol. The number of fused-ring (bicyclic) bond motifs is 1. The van der Waals surface area contributed by atoms with Crippen LogP contribution in [0.2, 0.25) is 0 Å². The van der Waals surface area contributed by atoms with E-state index in [9.17, 15) is 4.79 Å². The predicted octanol–water partition coefficient (Wildman–Crippen LogP) is 2.68. The molecule has 0 bridgehead atoms. The standard InChI is InChI=1S/C19H21N5O/c1-22(19(25)17-13-21-24-10-3-2-8-18(17)24)14-15-6-4-7-16(12-15)23-11-5-9-20-23/h4-7,9,11-13H,2-3,8,10,14H2,1H3. The van der Waals surface area contributed by atoms with Gasteiger partial charge in [0.25, 0.3) is 5.91 Å². The molecule has 3 aromatic rings. The van der Waals surface area contributed by atoms with Crippen molar-refractivity contribution in [2.45, 2.75) is 32.4 Å². The summed E-state index contributed by atoms with van der Waals surface area (Å²) in [4.78, 5) is 14.6. The second kappa shape index (κ2) is 6.55. The highest BCUT2D eigenvalue weighted by Crippen LogP contribution is 2.20. The number of carbonyl (C=O) groups excluding carboxylic acids is 1. The summed E-state index contributed by atoms with van der Waals surface area (Å²) >= 11 is 0. The van der Waals surface area contributed by atoms with Crippen molar-refractivity contribution < 1.29 is 4.79 Å². The Bertz CT molecular complexity index is 881. The Balaban J connectivity index is 1.52. The van der Waals surface area contributed by atoms with Crippen molar-refractivity contribution >= 4 is 5.91 Å². The van der Waals surface area contributed by atoms with Gasteiger partial charge in [-0.1, -0.05) is 12.1 Å². The van der Waals surface area contributed by atoms with Gasteiger partial charge in [0.15, 0.2) is 0 Å². The molecule has 0 radical (unpaired) electrons. The number of amides is 1. The van der Waals surface area contributed by atoms with Crippen LogP contribution in [0.1, 0.15) is 34.5 Å². The van der Waals surface area contributed by atoms with Crippen molar-refractivity contribution in [1.29, 1.82) is 0 Å². The zero-order valence-electron chi connectivity index (χ0n) is 14.3. The minimum Gasteiger partial charge on any atom is -0.337 e. The fraction of sp³-hybridized carbons (Fsp3) is 0.316. The second-order valence-electron chi connectivity index (χ2n) is 6.47. The summed E-state index contributed by atoms with van der Waals surface area (Å²) in [6.07, 6.45) is 8.59. The molecule has 3 heterocycles. The molecule has 1 aliphatic rings. The molecule has 0 atom stereocenters. The lowest BCUT2D eigenvalue weighted by Gasteiger charge is -2.19. The minimum atomic E-state index is 0.0349. The Morgan fingerprint density at radius 3 is 3.00 bits per heavy atom. The summed E-state index contributed by atoms with van der Waals surface area (Å²) in [5.41, 5.74) is 3.88. The molecule has 128 valence electrons. The Morgan fingerprint density at radius 1 is 1.24 bits per heavy atom. The van der Waals surface area contributed by atoms with Gasteiger partial charge in [0.05, 0.1) is 23.1 Å². The minimum absolute atomic E-state index is 0.0349. The van der Waals surface area contributed by atoms with Crippen molar-refractivity contribution in [3.05, 3.63) is 65.7 Å². The lowest BCUT2D eigenvalue weighted by atomic mass is 10.1. The topological polar surface area (TPSA) is 56.0 Å². The first-order valence-electron chi connectivity index (χ1n) is 8.61. The third-order valence-electron chi connectivity index (χ3n) is 4.66. The van der Waals surface area contributed by atoms with Gasteiger partial charge in [0.2, 0.25) is 0 Å². The first kappa shape index (κ1) is 15.6. The fourth-order valence-corrected chi connectivity index (χ4v) is 3.37. The third kappa shape index (κ3) is 3.07. The van der Waals surface area contributed by atoms with E-state index in [1.165, 1.54) is 0 Å². The number of aryl methyl sites for hydroxylation is 1. The van der Waals surface area contributed by atoms with Crippen LogP contribution in [0.3, 0.4) is 0 Å². The normalized spacial score (nSPS) is 13.5. The van der Waals surface area contributed by atoms with E-state index in [2.05, 4.69) is 16.3 Å². The Hall–Kier alpha value is -2.89. The molecule has 1 amide bonds. The first-order valence-corrected chi connectivity index (χ1v) is 8.61. The van der Waals surface area contributed by atoms with Gasteiger partial charge in [-0.3, -0.25) is 9.48 Å². The molecule has 0 unspecified atom stereocenters. The number of rotatable bonds is 4. The molecule has 0 aliphatic carbocycles. The molecule has 1 aromatic carbocycles. The molecule has 0 saturated carbocycles. The number of hydrogen-bond acceptors (Lipinski definition) is 3. The predicted molar refractivity (Wildman–Crippen MR) is 94.5 cm³/mol. The molecule has 6 heteroatoms. The van der Waals surface area contributed by atoms with E-state index in [0.717, 1.165) is 48.3 Å². The Morgan fingerprint density at radius 2 is 2.16 bits per heavy atom. The molecule has 0 spiro atoms. The van der Waals surface area contributed by atoms with E-state index in [1.807, 2.05) is 46.9 Å². The van der Waals surface area contributed by atoms with Crippen LogP contribution in [-0.2, 0) is 19.5 Å². The highest BCUT2D eigenvalue weighted by atomic mass is 16.2. The van der Waals surface area contributed by atoms with Crippen LogP contribution in [0.25, 0.3) is 5.69 Å². The maximum Gasteiger partial charge on any atom is 0.257 e. The van der Waals surface area contributed by atoms with Gasteiger partial charge < -0.3 is 4.90 Å². The number of hydrogen-bond donors (Lipinski definition) is 0. The average Bonchev–Trinajstić information content (AvgIpc) is 3.31. The van der Waals surface area contributed by atoms with E-state index in [0.29, 0.717) is 6.54 Å². The maximum atomic E-state index is 12.9. The third-order valence-corrected chi connectivity index (χ3v) is 4.66.